The molecule has 0 bridgehead atoms. The van der Waals surface area contributed by atoms with Crippen molar-refractivity contribution in [2.24, 2.45) is 0 Å². The zero-order valence-corrected chi connectivity index (χ0v) is 17.6. The summed E-state index contributed by atoms with van der Waals surface area (Å²) in [6, 6.07) is 10.6. The van der Waals surface area contributed by atoms with E-state index in [4.69, 9.17) is 9.16 Å². The van der Waals surface area contributed by atoms with Gasteiger partial charge in [0, 0.05) is 10.8 Å². The normalized spacial score (nSPS) is 26.9. The molecule has 0 unspecified atom stereocenters. The van der Waals surface area contributed by atoms with Crippen LogP contribution < -0.4 is 0 Å². The highest BCUT2D eigenvalue weighted by molar-refractivity contribution is 14.1. The van der Waals surface area contributed by atoms with E-state index >= 15 is 0 Å². The van der Waals surface area contributed by atoms with Gasteiger partial charge in [-0.25, -0.2) is 0 Å². The van der Waals surface area contributed by atoms with Gasteiger partial charge >= 0.3 is 0 Å². The Kier molecular flexibility index (Phi) is 6.13. The van der Waals surface area contributed by atoms with E-state index in [1.807, 2.05) is 0 Å². The van der Waals surface area contributed by atoms with Crippen LogP contribution >= 0.6 is 22.6 Å². The Labute approximate surface area is 150 Å². The van der Waals surface area contributed by atoms with Gasteiger partial charge in [-0.05, 0) is 30.1 Å². The number of benzene rings is 1. The fourth-order valence-corrected chi connectivity index (χ4v) is 4.59. The molecular weight excluding hydrogens is 403 g/mol. The van der Waals surface area contributed by atoms with Crippen LogP contribution in [0.25, 0.3) is 0 Å². The average molecular weight is 432 g/mol. The van der Waals surface area contributed by atoms with Crippen LogP contribution in [0, 0.1) is 0 Å². The second-order valence-corrected chi connectivity index (χ2v) is 13.4. The molecule has 0 saturated carbocycles. The van der Waals surface area contributed by atoms with E-state index in [2.05, 4.69) is 86.8 Å². The van der Waals surface area contributed by atoms with Gasteiger partial charge in [0.1, 0.15) is 0 Å². The summed E-state index contributed by atoms with van der Waals surface area (Å²) in [4.78, 5) is 0. The molecule has 22 heavy (non-hydrogen) atoms. The Morgan fingerprint density at radius 1 is 1.18 bits per heavy atom. The lowest BCUT2D eigenvalue weighted by atomic mass is 9.97. The van der Waals surface area contributed by atoms with Crippen LogP contribution in [0.4, 0.5) is 0 Å². The van der Waals surface area contributed by atoms with E-state index in [1.165, 1.54) is 5.56 Å². The lowest BCUT2D eigenvalue weighted by Crippen LogP contribution is -2.46. The summed E-state index contributed by atoms with van der Waals surface area (Å²) in [5.41, 5.74) is 1.28. The Morgan fingerprint density at radius 3 is 2.36 bits per heavy atom. The van der Waals surface area contributed by atoms with Gasteiger partial charge in [-0.15, -0.1) is 0 Å². The molecule has 1 aromatic rings. The second kappa shape index (κ2) is 7.32. The average Bonchev–Trinajstić information content (AvgIpc) is 2.46. The van der Waals surface area contributed by atoms with Crippen LogP contribution in [0.3, 0.4) is 0 Å². The van der Waals surface area contributed by atoms with Crippen molar-refractivity contribution in [2.45, 2.75) is 70.1 Å². The minimum atomic E-state index is -1.72. The Hall–Kier alpha value is 0.0869. The van der Waals surface area contributed by atoms with Crippen molar-refractivity contribution >= 4 is 30.9 Å². The first kappa shape index (κ1) is 18.4. The number of hydrogen-bond donors (Lipinski definition) is 0. The summed E-state index contributed by atoms with van der Waals surface area (Å²) in [5, 5.41) is 0.257. The Morgan fingerprint density at radius 2 is 1.82 bits per heavy atom. The maximum Gasteiger partial charge on any atom is 0.192 e. The molecule has 0 N–H and O–H groups in total. The van der Waals surface area contributed by atoms with Crippen molar-refractivity contribution < 1.29 is 9.16 Å². The summed E-state index contributed by atoms with van der Waals surface area (Å²) < 4.78 is 14.0. The van der Waals surface area contributed by atoms with E-state index in [-0.39, 0.29) is 11.1 Å². The van der Waals surface area contributed by atoms with Gasteiger partial charge in [0.2, 0.25) is 0 Å². The smallest absolute Gasteiger partial charge is 0.192 e. The monoisotopic (exact) mass is 432 g/mol. The fraction of sp³-hybridized carbons (Fsp3) is 0.667. The molecule has 4 heteroatoms. The Balaban J connectivity index is 2.12. The van der Waals surface area contributed by atoms with Crippen molar-refractivity contribution in [1.29, 1.82) is 0 Å². The summed E-state index contributed by atoms with van der Waals surface area (Å²) in [7, 11) is -1.72. The largest absolute Gasteiger partial charge is 0.414 e. The molecule has 3 atom stereocenters. The molecule has 0 aromatic heterocycles. The molecule has 0 aliphatic carbocycles. The van der Waals surface area contributed by atoms with E-state index in [0.717, 1.165) is 17.3 Å². The maximum atomic E-state index is 6.68. The number of hydrogen-bond acceptors (Lipinski definition) is 2. The number of rotatable bonds is 4. The predicted molar refractivity (Wildman–Crippen MR) is 104 cm³/mol. The molecule has 1 heterocycles. The minimum absolute atomic E-state index is 0.171. The van der Waals surface area contributed by atoms with Gasteiger partial charge < -0.3 is 9.16 Å². The van der Waals surface area contributed by atoms with Gasteiger partial charge in [0.25, 0.3) is 0 Å². The van der Waals surface area contributed by atoms with Crippen LogP contribution in [0.1, 0.15) is 45.3 Å². The third-order valence-electron chi connectivity index (χ3n) is 4.97. The summed E-state index contributed by atoms with van der Waals surface area (Å²) in [6.07, 6.45) is 2.79. The molecule has 0 amide bonds. The highest BCUT2D eigenvalue weighted by Gasteiger charge is 2.41. The summed E-state index contributed by atoms with van der Waals surface area (Å²) in [5.74, 6) is 0. The summed E-state index contributed by atoms with van der Waals surface area (Å²) in [6.45, 7) is 11.6. The van der Waals surface area contributed by atoms with E-state index in [1.54, 1.807) is 0 Å². The molecule has 124 valence electrons. The maximum absolute atomic E-state index is 6.68. The molecule has 1 aliphatic rings. The van der Waals surface area contributed by atoms with Gasteiger partial charge in [-0.2, -0.15) is 0 Å². The second-order valence-electron chi connectivity index (χ2n) is 7.78. The van der Waals surface area contributed by atoms with E-state index < -0.39 is 8.32 Å². The third kappa shape index (κ3) is 4.55. The molecule has 0 spiro atoms. The molecule has 2 nitrogen and oxygen atoms in total. The molecule has 1 fully saturated rings. The van der Waals surface area contributed by atoms with Crippen molar-refractivity contribution in [3.63, 3.8) is 0 Å². The first-order chi connectivity index (χ1) is 10.2. The number of alkyl halides is 1. The molecular formula is C18H29IO2Si. The standard InChI is InChI=1S/C18H29IO2Si/c1-18(2,3)22(4,5)21-15-11-16(13-19)20-17(12-15)14-9-7-6-8-10-14/h6-10,15-17H,11-13H2,1-5H3/t15-,16-,17+/m1/s1. The van der Waals surface area contributed by atoms with Gasteiger partial charge in [0.15, 0.2) is 8.32 Å². The lowest BCUT2D eigenvalue weighted by molar-refractivity contribution is -0.0825. The molecule has 1 saturated heterocycles. The first-order valence-electron chi connectivity index (χ1n) is 8.17. The topological polar surface area (TPSA) is 18.5 Å². The van der Waals surface area contributed by atoms with E-state index in [0.29, 0.717) is 12.2 Å². The predicted octanol–water partition coefficient (Wildman–Crippen LogP) is 5.73. The molecule has 2 rings (SSSR count). The van der Waals surface area contributed by atoms with Crippen molar-refractivity contribution in [3.8, 4) is 0 Å². The zero-order valence-electron chi connectivity index (χ0n) is 14.4. The highest BCUT2D eigenvalue weighted by Crippen LogP contribution is 2.41. The van der Waals surface area contributed by atoms with Gasteiger partial charge in [-0.3, -0.25) is 0 Å². The SMILES string of the molecule is CC(C)(C)[Si](C)(C)O[C@@H]1C[C@H](CI)O[C@H](c2ccccc2)C1. The minimum Gasteiger partial charge on any atom is -0.414 e. The van der Waals surface area contributed by atoms with E-state index in [9.17, 15) is 0 Å². The van der Waals surface area contributed by atoms with Crippen LogP contribution in [-0.4, -0.2) is 25.0 Å². The van der Waals surface area contributed by atoms with Gasteiger partial charge in [0.05, 0.1) is 18.3 Å². The molecule has 0 radical (unpaired) electrons. The number of halogens is 1. The fourth-order valence-electron chi connectivity index (χ4n) is 2.64. The van der Waals surface area contributed by atoms with Crippen LogP contribution in [0.2, 0.25) is 18.1 Å². The van der Waals surface area contributed by atoms with Crippen LogP contribution in [0.15, 0.2) is 30.3 Å². The van der Waals surface area contributed by atoms with Crippen molar-refractivity contribution in [2.75, 3.05) is 4.43 Å². The molecule has 1 aliphatic heterocycles. The zero-order chi connectivity index (χ0) is 16.4. The van der Waals surface area contributed by atoms with Crippen molar-refractivity contribution in [3.05, 3.63) is 35.9 Å². The lowest BCUT2D eigenvalue weighted by Gasteiger charge is -2.43. The van der Waals surface area contributed by atoms with Gasteiger partial charge in [-0.1, -0.05) is 73.7 Å². The highest BCUT2D eigenvalue weighted by atomic mass is 127. The molecule has 1 aromatic carbocycles. The Bertz CT molecular complexity index is 470. The van der Waals surface area contributed by atoms with Crippen molar-refractivity contribution in [1.82, 2.24) is 0 Å². The first-order valence-corrected chi connectivity index (χ1v) is 12.6. The van der Waals surface area contributed by atoms with Crippen LogP contribution in [0.5, 0.6) is 0 Å². The number of ether oxygens (including phenoxy) is 1. The quantitative estimate of drug-likeness (QED) is 0.344. The summed E-state index contributed by atoms with van der Waals surface area (Å²) >= 11 is 2.43. The van der Waals surface area contributed by atoms with Crippen LogP contribution in [-0.2, 0) is 9.16 Å². The third-order valence-corrected chi connectivity index (χ3v) is 10.5.